The number of ether oxygens (including phenoxy) is 4. The van der Waals surface area contributed by atoms with E-state index in [-0.39, 0.29) is 12.5 Å². The molecule has 41 heavy (non-hydrogen) atoms. The van der Waals surface area contributed by atoms with Crippen molar-refractivity contribution >= 4 is 34.4 Å². The molecule has 1 saturated heterocycles. The number of H-pyrrole nitrogens is 1. The molecule has 0 unspecified atom stereocenters. The maximum atomic E-state index is 14.4. The van der Waals surface area contributed by atoms with Crippen molar-refractivity contribution in [1.29, 1.82) is 0 Å². The Labute approximate surface area is 237 Å². The normalized spacial score (nSPS) is 21.4. The third-order valence-electron chi connectivity index (χ3n) is 8.12. The summed E-state index contributed by atoms with van der Waals surface area (Å²) in [5, 5.41) is 0.854. The maximum Gasteiger partial charge on any atom is 0.315 e. The minimum Gasteiger partial charge on any atom is -0.493 e. The van der Waals surface area contributed by atoms with Crippen LogP contribution in [-0.2, 0) is 19.1 Å². The van der Waals surface area contributed by atoms with E-state index in [1.54, 1.807) is 31.2 Å². The van der Waals surface area contributed by atoms with Gasteiger partial charge < -0.3 is 23.9 Å². The number of carbonyl (C=O) groups is 3. The van der Waals surface area contributed by atoms with Crippen molar-refractivity contribution in [1.82, 2.24) is 4.98 Å². The molecule has 6 rings (SSSR count). The minimum atomic E-state index is -0.995. The highest BCUT2D eigenvalue weighted by Gasteiger charge is 2.61. The molecular weight excluding hydrogens is 524 g/mol. The lowest BCUT2D eigenvalue weighted by molar-refractivity contribution is -0.149. The highest BCUT2D eigenvalue weighted by atomic mass is 16.5. The third kappa shape index (κ3) is 3.95. The largest absolute Gasteiger partial charge is 0.493 e. The number of esters is 1. The van der Waals surface area contributed by atoms with Crippen molar-refractivity contribution in [2.45, 2.75) is 18.8 Å². The number of nitrogens with one attached hydrogen (secondary N) is 1. The standard InChI is InChI=1S/C32H30N2O7/c1-5-41-32(37)27-26-25(30(35)34(31(26)36)18-11-7-6-8-12-18)23(24-19-13-9-10-14-20(19)33-28(24)27)17-15-21(38-2)29(40-4)22(16-17)39-3/h6-16,23,25-27,33H,5H2,1-4H3/t23-,25-,26-,27+/m0/s1. The molecule has 2 amide bonds. The van der Waals surface area contributed by atoms with Crippen LogP contribution < -0.4 is 19.1 Å². The summed E-state index contributed by atoms with van der Waals surface area (Å²) < 4.78 is 22.4. The van der Waals surface area contributed by atoms with Gasteiger partial charge in [0.25, 0.3) is 0 Å². The molecule has 1 aliphatic carbocycles. The van der Waals surface area contributed by atoms with Crippen molar-refractivity contribution in [2.24, 2.45) is 11.8 Å². The molecule has 0 bridgehead atoms. The van der Waals surface area contributed by atoms with Crippen LogP contribution in [0.25, 0.3) is 10.9 Å². The Kier molecular flexibility index (Phi) is 6.65. The number of aromatic nitrogens is 1. The second kappa shape index (κ2) is 10.3. The van der Waals surface area contributed by atoms with E-state index in [4.69, 9.17) is 18.9 Å². The number of hydrogen-bond acceptors (Lipinski definition) is 7. The van der Waals surface area contributed by atoms with Crippen LogP contribution in [0.2, 0.25) is 0 Å². The van der Waals surface area contributed by atoms with Crippen LogP contribution in [0, 0.1) is 11.8 Å². The summed E-state index contributed by atoms with van der Waals surface area (Å²) in [5.41, 5.74) is 3.28. The lowest BCUT2D eigenvalue weighted by atomic mass is 9.64. The summed E-state index contributed by atoms with van der Waals surface area (Å²) >= 11 is 0. The highest BCUT2D eigenvalue weighted by Crippen LogP contribution is 2.57. The Balaban J connectivity index is 1.66. The van der Waals surface area contributed by atoms with E-state index >= 15 is 0 Å². The Morgan fingerprint density at radius 2 is 1.49 bits per heavy atom. The number of amides is 2. The van der Waals surface area contributed by atoms with Gasteiger partial charge in [0.1, 0.15) is 5.92 Å². The Morgan fingerprint density at radius 3 is 2.12 bits per heavy atom. The van der Waals surface area contributed by atoms with E-state index in [0.717, 1.165) is 16.5 Å². The molecule has 2 heterocycles. The number of anilines is 1. The van der Waals surface area contributed by atoms with Gasteiger partial charge in [-0.1, -0.05) is 36.4 Å². The number of para-hydroxylation sites is 2. The maximum absolute atomic E-state index is 14.4. The molecular formula is C32H30N2O7. The van der Waals surface area contributed by atoms with E-state index in [1.165, 1.54) is 26.2 Å². The highest BCUT2D eigenvalue weighted by molar-refractivity contribution is 6.24. The lowest BCUT2D eigenvalue weighted by Gasteiger charge is -2.36. The predicted molar refractivity (Wildman–Crippen MR) is 152 cm³/mol. The number of fused-ring (bicyclic) bond motifs is 4. The van der Waals surface area contributed by atoms with Gasteiger partial charge in [-0.05, 0) is 48.4 Å². The lowest BCUT2D eigenvalue weighted by Crippen LogP contribution is -2.39. The first-order valence-corrected chi connectivity index (χ1v) is 13.4. The second-order valence-corrected chi connectivity index (χ2v) is 10.1. The minimum absolute atomic E-state index is 0.142. The molecule has 210 valence electrons. The first-order chi connectivity index (χ1) is 19.9. The molecule has 0 radical (unpaired) electrons. The van der Waals surface area contributed by atoms with Gasteiger partial charge in [0.2, 0.25) is 17.6 Å². The van der Waals surface area contributed by atoms with Gasteiger partial charge in [-0.25, -0.2) is 4.90 Å². The van der Waals surface area contributed by atoms with Crippen LogP contribution in [0.3, 0.4) is 0 Å². The van der Waals surface area contributed by atoms with Crippen LogP contribution in [0.15, 0.2) is 66.7 Å². The summed E-state index contributed by atoms with van der Waals surface area (Å²) in [6, 6.07) is 20.1. The summed E-state index contributed by atoms with van der Waals surface area (Å²) in [7, 11) is 4.58. The smallest absolute Gasteiger partial charge is 0.315 e. The quantitative estimate of drug-likeness (QED) is 0.259. The van der Waals surface area contributed by atoms with Crippen molar-refractivity contribution in [3.05, 3.63) is 83.6 Å². The van der Waals surface area contributed by atoms with Crippen LogP contribution in [0.1, 0.15) is 35.6 Å². The average molecular weight is 555 g/mol. The van der Waals surface area contributed by atoms with Crippen molar-refractivity contribution in [2.75, 3.05) is 32.8 Å². The van der Waals surface area contributed by atoms with Crippen LogP contribution in [0.4, 0.5) is 5.69 Å². The molecule has 1 aliphatic heterocycles. The molecule has 4 atom stereocenters. The van der Waals surface area contributed by atoms with Gasteiger partial charge in [0.05, 0.1) is 45.5 Å². The SMILES string of the molecule is CCOC(=O)[C@H]1c2[nH]c3ccccc3c2[C@H](c2cc(OC)c(OC)c(OC)c2)[C@@H]2C(=O)N(c3ccccc3)C(=O)[C@@H]21. The number of imide groups is 1. The van der Waals surface area contributed by atoms with Crippen LogP contribution in [0.5, 0.6) is 17.2 Å². The Hall–Kier alpha value is -4.79. The topological polar surface area (TPSA) is 107 Å². The molecule has 4 aromatic rings. The van der Waals surface area contributed by atoms with Gasteiger partial charge in [-0.3, -0.25) is 14.4 Å². The number of nitrogens with zero attached hydrogens (tertiary/aromatic N) is 1. The number of carbonyl (C=O) groups excluding carboxylic acids is 3. The molecule has 9 heteroatoms. The fourth-order valence-electron chi connectivity index (χ4n) is 6.52. The molecule has 1 fully saturated rings. The molecule has 9 nitrogen and oxygen atoms in total. The van der Waals surface area contributed by atoms with Gasteiger partial charge in [-0.15, -0.1) is 0 Å². The van der Waals surface area contributed by atoms with Gasteiger partial charge in [0, 0.05) is 22.5 Å². The summed E-state index contributed by atoms with van der Waals surface area (Å²) in [5.74, 6) is -3.61. The van der Waals surface area contributed by atoms with Crippen LogP contribution >= 0.6 is 0 Å². The van der Waals surface area contributed by atoms with E-state index < -0.39 is 35.5 Å². The molecule has 0 spiro atoms. The van der Waals surface area contributed by atoms with Crippen molar-refractivity contribution < 1.29 is 33.3 Å². The van der Waals surface area contributed by atoms with Gasteiger partial charge >= 0.3 is 5.97 Å². The molecule has 1 aromatic heterocycles. The molecule has 3 aromatic carbocycles. The average Bonchev–Trinajstić information content (AvgIpc) is 3.50. The van der Waals surface area contributed by atoms with E-state index in [9.17, 15) is 14.4 Å². The number of methoxy groups -OCH3 is 3. The zero-order valence-electron chi connectivity index (χ0n) is 23.2. The summed E-state index contributed by atoms with van der Waals surface area (Å²) in [6.07, 6.45) is 0. The Bertz CT molecular complexity index is 1640. The van der Waals surface area contributed by atoms with Gasteiger partial charge in [-0.2, -0.15) is 0 Å². The zero-order chi connectivity index (χ0) is 28.8. The van der Waals surface area contributed by atoms with Gasteiger partial charge in [0.15, 0.2) is 11.5 Å². The molecule has 0 saturated carbocycles. The second-order valence-electron chi connectivity index (χ2n) is 10.1. The summed E-state index contributed by atoms with van der Waals surface area (Å²) in [4.78, 5) is 46.9. The van der Waals surface area contributed by atoms with E-state index in [0.29, 0.717) is 34.2 Å². The van der Waals surface area contributed by atoms with E-state index in [1.807, 2.05) is 42.5 Å². The number of hydrogen-bond donors (Lipinski definition) is 1. The fourth-order valence-corrected chi connectivity index (χ4v) is 6.52. The van der Waals surface area contributed by atoms with Crippen molar-refractivity contribution in [3.63, 3.8) is 0 Å². The van der Waals surface area contributed by atoms with E-state index in [2.05, 4.69) is 4.98 Å². The monoisotopic (exact) mass is 554 g/mol. The number of rotatable bonds is 7. The zero-order valence-corrected chi connectivity index (χ0v) is 23.2. The summed E-state index contributed by atoms with van der Waals surface area (Å²) in [6.45, 7) is 1.87. The molecule has 2 aliphatic rings. The number of aromatic amines is 1. The van der Waals surface area contributed by atoms with Crippen LogP contribution in [-0.4, -0.2) is 50.7 Å². The van der Waals surface area contributed by atoms with Crippen molar-refractivity contribution in [3.8, 4) is 17.2 Å². The Morgan fingerprint density at radius 1 is 0.854 bits per heavy atom. The third-order valence-corrected chi connectivity index (χ3v) is 8.12. The number of benzene rings is 3. The molecule has 1 N–H and O–H groups in total. The fraction of sp³-hybridized carbons (Fsp3) is 0.281. The first-order valence-electron chi connectivity index (χ1n) is 13.4. The predicted octanol–water partition coefficient (Wildman–Crippen LogP) is 4.79. The first kappa shape index (κ1) is 26.4.